The Bertz CT molecular complexity index is 2420. The maximum absolute atomic E-state index is 6.55. The number of ether oxygens (including phenoxy) is 2. The topological polar surface area (TPSA) is 57.3 Å². The SMILES string of the molecule is Cn1ccc(-c2[c-]c(N(c3[c-]c4c(cc3)c3ccccc3n4-c3ccccn3)c3cccc4c3Oc3ccccc3O4)ccc2)n1.[Pt+2]. The van der Waals surface area contributed by atoms with Gasteiger partial charge in [-0.05, 0) is 53.5 Å². The van der Waals surface area contributed by atoms with E-state index in [2.05, 4.69) is 63.1 Å². The molecular weight excluding hydrogens is 766 g/mol. The van der Waals surface area contributed by atoms with Crippen LogP contribution in [0.3, 0.4) is 0 Å². The summed E-state index contributed by atoms with van der Waals surface area (Å²) in [7, 11) is 1.91. The van der Waals surface area contributed by atoms with Crippen molar-refractivity contribution in [3.8, 4) is 40.1 Å². The second-order valence-electron chi connectivity index (χ2n) is 11.1. The zero-order valence-electron chi connectivity index (χ0n) is 25.1. The van der Waals surface area contributed by atoms with Crippen LogP contribution in [0.25, 0.3) is 38.9 Å². The molecule has 7 nitrogen and oxygen atoms in total. The van der Waals surface area contributed by atoms with Crippen LogP contribution in [0.2, 0.25) is 0 Å². The van der Waals surface area contributed by atoms with Crippen molar-refractivity contribution in [1.29, 1.82) is 0 Å². The van der Waals surface area contributed by atoms with Gasteiger partial charge in [0.2, 0.25) is 0 Å². The second-order valence-corrected chi connectivity index (χ2v) is 11.1. The number of aromatic nitrogens is 4. The van der Waals surface area contributed by atoms with Crippen LogP contribution in [0.4, 0.5) is 17.1 Å². The van der Waals surface area contributed by atoms with Crippen molar-refractivity contribution in [1.82, 2.24) is 19.3 Å². The number of hydrogen-bond acceptors (Lipinski definition) is 5. The molecule has 228 valence electrons. The third-order valence-corrected chi connectivity index (χ3v) is 8.18. The van der Waals surface area contributed by atoms with Crippen LogP contribution in [0, 0.1) is 12.1 Å². The van der Waals surface area contributed by atoms with Gasteiger partial charge in [-0.1, -0.05) is 59.7 Å². The van der Waals surface area contributed by atoms with Crippen molar-refractivity contribution in [2.45, 2.75) is 0 Å². The average molecular weight is 791 g/mol. The molecule has 4 heterocycles. The monoisotopic (exact) mass is 790 g/mol. The van der Waals surface area contributed by atoms with Crippen LogP contribution in [0.1, 0.15) is 0 Å². The van der Waals surface area contributed by atoms with Crippen LogP contribution in [-0.2, 0) is 28.1 Å². The quantitative estimate of drug-likeness (QED) is 0.163. The van der Waals surface area contributed by atoms with E-state index >= 15 is 0 Å². The third-order valence-electron chi connectivity index (χ3n) is 8.18. The number of hydrogen-bond donors (Lipinski definition) is 0. The summed E-state index contributed by atoms with van der Waals surface area (Å²) in [6, 6.07) is 47.7. The molecule has 3 aromatic heterocycles. The molecule has 0 spiro atoms. The van der Waals surface area contributed by atoms with Crippen molar-refractivity contribution in [3.05, 3.63) is 146 Å². The molecule has 1 aliphatic rings. The Kier molecular flexibility index (Phi) is 7.11. The number of para-hydroxylation sites is 4. The maximum atomic E-state index is 6.55. The van der Waals surface area contributed by atoms with Crippen molar-refractivity contribution < 1.29 is 30.5 Å². The fraction of sp³-hybridized carbons (Fsp3) is 0.0256. The van der Waals surface area contributed by atoms with Gasteiger partial charge in [-0.3, -0.25) is 4.68 Å². The summed E-state index contributed by atoms with van der Waals surface area (Å²) < 4.78 is 16.8. The van der Waals surface area contributed by atoms with Gasteiger partial charge in [0.25, 0.3) is 0 Å². The summed E-state index contributed by atoms with van der Waals surface area (Å²) in [5.41, 5.74) is 6.08. The summed E-state index contributed by atoms with van der Waals surface area (Å²) in [5.74, 6) is 3.39. The minimum absolute atomic E-state index is 0. The molecule has 0 N–H and O–H groups in total. The minimum atomic E-state index is 0. The first-order valence-corrected chi connectivity index (χ1v) is 15.0. The number of anilines is 3. The number of rotatable bonds is 5. The zero-order valence-corrected chi connectivity index (χ0v) is 27.3. The third kappa shape index (κ3) is 4.87. The van der Waals surface area contributed by atoms with Crippen molar-refractivity contribution in [2.24, 2.45) is 7.05 Å². The normalized spacial score (nSPS) is 11.7. The summed E-state index contributed by atoms with van der Waals surface area (Å²) in [6.45, 7) is 0. The van der Waals surface area contributed by atoms with Crippen LogP contribution in [0.5, 0.6) is 23.0 Å². The van der Waals surface area contributed by atoms with Crippen molar-refractivity contribution >= 4 is 38.9 Å². The van der Waals surface area contributed by atoms with Crippen LogP contribution in [-0.4, -0.2) is 19.3 Å². The van der Waals surface area contributed by atoms with Crippen LogP contribution in [0.15, 0.2) is 134 Å². The molecule has 0 aliphatic carbocycles. The van der Waals surface area contributed by atoms with Crippen LogP contribution >= 0.6 is 0 Å². The Morgan fingerprint density at radius 2 is 1.43 bits per heavy atom. The number of benzene rings is 5. The van der Waals surface area contributed by atoms with Gasteiger partial charge in [0.05, 0.1) is 5.69 Å². The molecule has 0 radical (unpaired) electrons. The molecular formula is C39H25N5O2Pt. The van der Waals surface area contributed by atoms with E-state index in [4.69, 9.17) is 14.5 Å². The second kappa shape index (κ2) is 11.6. The van der Waals surface area contributed by atoms with Gasteiger partial charge in [0.15, 0.2) is 23.0 Å². The standard InChI is InChI=1S/C39H25N5O2.Pt/c1-42-23-21-31(41-42)26-10-8-11-27(24-26)43(33-14-9-17-37-39(33)46-36-16-5-4-15-35(36)45-37)28-19-20-30-29-12-2-3-13-32(29)44(34(30)25-28)38-18-6-7-22-40-38;/h2-23H,1H3;/q-2;+2. The van der Waals surface area contributed by atoms with Crippen molar-refractivity contribution in [3.63, 3.8) is 0 Å². The fourth-order valence-corrected chi connectivity index (χ4v) is 6.13. The molecule has 0 saturated heterocycles. The minimum Gasteiger partial charge on any atom is -0.449 e. The molecule has 47 heavy (non-hydrogen) atoms. The number of aryl methyl sites for hydroxylation is 1. The van der Waals surface area contributed by atoms with Gasteiger partial charge >= 0.3 is 21.1 Å². The summed E-state index contributed by atoms with van der Waals surface area (Å²) in [4.78, 5) is 6.83. The smallest absolute Gasteiger partial charge is 0.449 e. The molecule has 8 heteroatoms. The van der Waals surface area contributed by atoms with E-state index in [9.17, 15) is 0 Å². The van der Waals surface area contributed by atoms with E-state index in [-0.39, 0.29) is 21.1 Å². The van der Waals surface area contributed by atoms with E-state index in [1.54, 1.807) is 4.68 Å². The van der Waals surface area contributed by atoms with E-state index in [1.807, 2.05) is 104 Å². The van der Waals surface area contributed by atoms with Gasteiger partial charge < -0.3 is 18.9 Å². The molecule has 1 aliphatic heterocycles. The van der Waals surface area contributed by atoms with Gasteiger partial charge in [-0.15, -0.1) is 47.3 Å². The average Bonchev–Trinajstić information content (AvgIpc) is 3.69. The summed E-state index contributed by atoms with van der Waals surface area (Å²) in [6.07, 6.45) is 3.75. The number of pyridine rings is 1. The first-order valence-electron chi connectivity index (χ1n) is 15.0. The van der Waals surface area contributed by atoms with E-state index in [0.717, 1.165) is 55.9 Å². The molecule has 0 unspecified atom stereocenters. The van der Waals surface area contributed by atoms with Gasteiger partial charge in [-0.2, -0.15) is 6.07 Å². The molecule has 0 bridgehead atoms. The van der Waals surface area contributed by atoms with Gasteiger partial charge in [0, 0.05) is 30.7 Å². The Labute approximate surface area is 285 Å². The zero-order chi connectivity index (χ0) is 30.6. The Morgan fingerprint density at radius 1 is 0.660 bits per heavy atom. The predicted molar refractivity (Wildman–Crippen MR) is 180 cm³/mol. The van der Waals surface area contributed by atoms with Gasteiger partial charge in [-0.25, -0.2) is 10.1 Å². The Hall–Kier alpha value is -5.65. The molecule has 5 aromatic carbocycles. The molecule has 0 fully saturated rings. The van der Waals surface area contributed by atoms with Crippen molar-refractivity contribution in [2.75, 3.05) is 4.90 Å². The molecule has 9 rings (SSSR count). The molecule has 0 atom stereocenters. The predicted octanol–water partition coefficient (Wildman–Crippen LogP) is 9.54. The number of nitrogens with zero attached hydrogens (tertiary/aromatic N) is 5. The summed E-state index contributed by atoms with van der Waals surface area (Å²) in [5, 5.41) is 6.85. The van der Waals surface area contributed by atoms with Gasteiger partial charge in [0.1, 0.15) is 5.82 Å². The fourth-order valence-electron chi connectivity index (χ4n) is 6.13. The van der Waals surface area contributed by atoms with E-state index in [1.165, 1.54) is 0 Å². The maximum Gasteiger partial charge on any atom is 2.00 e. The molecule has 0 saturated carbocycles. The van der Waals surface area contributed by atoms with E-state index in [0.29, 0.717) is 23.0 Å². The first kappa shape index (κ1) is 28.8. The van der Waals surface area contributed by atoms with E-state index < -0.39 is 0 Å². The molecule has 8 aromatic rings. The van der Waals surface area contributed by atoms with Crippen LogP contribution < -0.4 is 14.4 Å². The Morgan fingerprint density at radius 3 is 2.26 bits per heavy atom. The largest absolute Gasteiger partial charge is 2.00 e. The first-order chi connectivity index (χ1) is 22.7. The number of fused-ring (bicyclic) bond motifs is 5. The summed E-state index contributed by atoms with van der Waals surface area (Å²) >= 11 is 0. The Balaban J connectivity index is 0.00000324. The molecule has 0 amide bonds.